The van der Waals surface area contributed by atoms with E-state index in [0.29, 0.717) is 22.3 Å². The van der Waals surface area contributed by atoms with Gasteiger partial charge in [0.05, 0.1) is 12.9 Å². The molecule has 1 N–H and O–H groups in total. The number of ether oxygens (including phenoxy) is 1. The Morgan fingerprint density at radius 1 is 1.38 bits per heavy atom. The summed E-state index contributed by atoms with van der Waals surface area (Å²) in [6, 6.07) is 9.40. The monoisotopic (exact) mass is 365 g/mol. The molecule has 0 spiro atoms. The third-order valence-corrected chi connectivity index (χ3v) is 4.86. The number of esters is 1. The Morgan fingerprint density at radius 2 is 2.25 bits per heavy atom. The quantitative estimate of drug-likeness (QED) is 0.521. The van der Waals surface area contributed by atoms with Gasteiger partial charge >= 0.3 is 5.97 Å². The van der Waals surface area contributed by atoms with Gasteiger partial charge < -0.3 is 14.5 Å². The zero-order valence-electron chi connectivity index (χ0n) is 12.5. The molecule has 0 fully saturated rings. The summed E-state index contributed by atoms with van der Waals surface area (Å²) in [7, 11) is 1.30. The Labute approximate surface area is 145 Å². The molecule has 0 atom stereocenters. The van der Waals surface area contributed by atoms with Crippen molar-refractivity contribution < 1.29 is 18.3 Å². The van der Waals surface area contributed by atoms with Crippen LogP contribution in [-0.4, -0.2) is 23.3 Å². The Balaban J connectivity index is 1.58. The van der Waals surface area contributed by atoms with Crippen molar-refractivity contribution in [3.05, 3.63) is 53.7 Å². The zero-order chi connectivity index (χ0) is 16.9. The molecule has 6 nitrogen and oxygen atoms in total. The highest BCUT2D eigenvalue weighted by Gasteiger charge is 2.12. The number of benzene rings is 1. The number of nitrogens with one attached hydrogen (secondary N) is 1. The van der Waals surface area contributed by atoms with E-state index in [-0.39, 0.29) is 11.6 Å². The number of hydrogen-bond donors (Lipinski definition) is 1. The lowest BCUT2D eigenvalue weighted by molar-refractivity contribution is 0.0563. The average molecular weight is 365 g/mol. The van der Waals surface area contributed by atoms with Gasteiger partial charge in [-0.25, -0.2) is 9.18 Å². The molecule has 1 aromatic carbocycles. The molecule has 0 bridgehead atoms. The fraction of sp³-hybridized carbons (Fsp3) is 0.133. The molecular weight excluding hydrogens is 353 g/mol. The highest BCUT2D eigenvalue weighted by atomic mass is 32.2. The van der Waals surface area contributed by atoms with Gasteiger partial charge in [-0.2, -0.15) is 0 Å². The maximum Gasteiger partial charge on any atom is 0.373 e. The Kier molecular flexibility index (Phi) is 5.11. The van der Waals surface area contributed by atoms with E-state index in [0.717, 1.165) is 4.34 Å². The Bertz CT molecular complexity index is 850. The zero-order valence-corrected chi connectivity index (χ0v) is 14.1. The van der Waals surface area contributed by atoms with Gasteiger partial charge in [-0.05, 0) is 30.3 Å². The van der Waals surface area contributed by atoms with Gasteiger partial charge in [0.2, 0.25) is 10.9 Å². The van der Waals surface area contributed by atoms with Crippen LogP contribution in [0.1, 0.15) is 16.3 Å². The maximum absolute atomic E-state index is 13.1. The predicted molar refractivity (Wildman–Crippen MR) is 89.2 cm³/mol. The molecule has 3 rings (SSSR count). The van der Waals surface area contributed by atoms with Crippen molar-refractivity contribution in [2.75, 3.05) is 12.4 Å². The molecule has 0 saturated carbocycles. The first kappa shape index (κ1) is 16.5. The van der Waals surface area contributed by atoms with Crippen molar-refractivity contribution in [2.24, 2.45) is 0 Å². The van der Waals surface area contributed by atoms with Crippen molar-refractivity contribution in [1.29, 1.82) is 0 Å². The molecule has 0 aliphatic rings. The largest absolute Gasteiger partial charge is 0.463 e. The van der Waals surface area contributed by atoms with Crippen LogP contribution < -0.4 is 5.32 Å². The standard InChI is InChI=1S/C15H12FN3O3S2/c1-21-13(20)12-6-5-11(22-12)8-23-15-19-18-14(24-15)17-10-4-2-3-9(16)7-10/h2-7H,8H2,1H3,(H,17,18). The number of anilines is 2. The number of methoxy groups -OCH3 is 1. The molecule has 0 unspecified atom stereocenters. The van der Waals surface area contributed by atoms with Gasteiger partial charge in [0.15, 0.2) is 4.34 Å². The lowest BCUT2D eigenvalue weighted by atomic mass is 10.3. The first-order chi connectivity index (χ1) is 11.6. The molecule has 0 amide bonds. The van der Waals surface area contributed by atoms with Crippen LogP contribution in [0.15, 0.2) is 45.2 Å². The third kappa shape index (κ3) is 4.12. The summed E-state index contributed by atoms with van der Waals surface area (Å²) in [5.74, 6) is 0.474. The maximum atomic E-state index is 13.1. The molecule has 0 aliphatic heterocycles. The molecular formula is C15H12FN3O3S2. The average Bonchev–Trinajstić information content (AvgIpc) is 3.21. The van der Waals surface area contributed by atoms with Crippen LogP contribution in [0.3, 0.4) is 0 Å². The van der Waals surface area contributed by atoms with Crippen molar-refractivity contribution in [2.45, 2.75) is 10.1 Å². The SMILES string of the molecule is COC(=O)c1ccc(CSc2nnc(Nc3cccc(F)c3)s2)o1. The van der Waals surface area contributed by atoms with Crippen molar-refractivity contribution in [3.8, 4) is 0 Å². The van der Waals surface area contributed by atoms with E-state index in [4.69, 9.17) is 4.42 Å². The van der Waals surface area contributed by atoms with E-state index in [2.05, 4.69) is 20.3 Å². The number of halogens is 1. The highest BCUT2D eigenvalue weighted by Crippen LogP contribution is 2.30. The number of rotatable bonds is 6. The normalized spacial score (nSPS) is 10.6. The topological polar surface area (TPSA) is 77.2 Å². The highest BCUT2D eigenvalue weighted by molar-refractivity contribution is 8.00. The first-order valence-corrected chi connectivity index (χ1v) is 8.60. The van der Waals surface area contributed by atoms with Gasteiger partial charge in [-0.1, -0.05) is 29.2 Å². The minimum Gasteiger partial charge on any atom is -0.463 e. The van der Waals surface area contributed by atoms with E-state index in [1.807, 2.05) is 0 Å². The number of thioether (sulfide) groups is 1. The minimum atomic E-state index is -0.510. The minimum absolute atomic E-state index is 0.166. The number of carbonyl (C=O) groups excluding carboxylic acids is 1. The summed E-state index contributed by atoms with van der Waals surface area (Å²) in [5.41, 5.74) is 0.608. The molecule has 3 aromatic rings. The smallest absolute Gasteiger partial charge is 0.373 e. The summed E-state index contributed by atoms with van der Waals surface area (Å²) in [6.45, 7) is 0. The van der Waals surface area contributed by atoms with E-state index in [9.17, 15) is 9.18 Å². The molecule has 2 aromatic heterocycles. The van der Waals surface area contributed by atoms with E-state index in [1.165, 1.54) is 42.3 Å². The van der Waals surface area contributed by atoms with Gasteiger partial charge in [0, 0.05) is 5.69 Å². The number of carbonyl (C=O) groups is 1. The second-order valence-corrected chi connectivity index (χ2v) is 6.75. The van der Waals surface area contributed by atoms with Gasteiger partial charge in [0.1, 0.15) is 11.6 Å². The molecule has 9 heteroatoms. The van der Waals surface area contributed by atoms with Crippen LogP contribution in [-0.2, 0) is 10.5 Å². The number of furan rings is 1. The molecule has 124 valence electrons. The number of hydrogen-bond acceptors (Lipinski definition) is 8. The summed E-state index contributed by atoms with van der Waals surface area (Å²) >= 11 is 2.77. The van der Waals surface area contributed by atoms with Crippen LogP contribution >= 0.6 is 23.1 Å². The van der Waals surface area contributed by atoms with Crippen molar-refractivity contribution in [1.82, 2.24) is 10.2 Å². The van der Waals surface area contributed by atoms with E-state index in [1.54, 1.807) is 24.3 Å². The third-order valence-electron chi connectivity index (χ3n) is 2.87. The van der Waals surface area contributed by atoms with Crippen LogP contribution in [0, 0.1) is 5.82 Å². The lowest BCUT2D eigenvalue weighted by Gasteiger charge is -2.00. The Morgan fingerprint density at radius 3 is 3.04 bits per heavy atom. The summed E-state index contributed by atoms with van der Waals surface area (Å²) in [5, 5.41) is 11.6. The summed E-state index contributed by atoms with van der Waals surface area (Å²) in [6.07, 6.45) is 0. The van der Waals surface area contributed by atoms with E-state index >= 15 is 0 Å². The summed E-state index contributed by atoms with van der Waals surface area (Å²) < 4.78 is 23.8. The van der Waals surface area contributed by atoms with Crippen LogP contribution in [0.5, 0.6) is 0 Å². The summed E-state index contributed by atoms with van der Waals surface area (Å²) in [4.78, 5) is 11.3. The molecule has 0 saturated heterocycles. The fourth-order valence-corrected chi connectivity index (χ4v) is 3.47. The first-order valence-electron chi connectivity index (χ1n) is 6.80. The van der Waals surface area contributed by atoms with Crippen LogP contribution in [0.25, 0.3) is 0 Å². The molecule has 24 heavy (non-hydrogen) atoms. The Hall–Kier alpha value is -2.39. The van der Waals surface area contributed by atoms with E-state index < -0.39 is 5.97 Å². The number of aromatic nitrogens is 2. The van der Waals surface area contributed by atoms with Gasteiger partial charge in [-0.3, -0.25) is 0 Å². The lowest BCUT2D eigenvalue weighted by Crippen LogP contribution is -1.98. The predicted octanol–water partition coefficient (Wildman–Crippen LogP) is 4.09. The fourth-order valence-electron chi connectivity index (χ4n) is 1.81. The second-order valence-electron chi connectivity index (χ2n) is 4.55. The van der Waals surface area contributed by atoms with Gasteiger partial charge in [-0.15, -0.1) is 10.2 Å². The van der Waals surface area contributed by atoms with Crippen LogP contribution in [0.2, 0.25) is 0 Å². The van der Waals surface area contributed by atoms with Crippen molar-refractivity contribution in [3.63, 3.8) is 0 Å². The molecule has 2 heterocycles. The van der Waals surface area contributed by atoms with Crippen LogP contribution in [0.4, 0.5) is 15.2 Å². The van der Waals surface area contributed by atoms with Gasteiger partial charge in [0.25, 0.3) is 0 Å². The second kappa shape index (κ2) is 7.45. The molecule has 0 radical (unpaired) electrons. The van der Waals surface area contributed by atoms with Crippen molar-refractivity contribution >= 4 is 39.9 Å². The molecule has 0 aliphatic carbocycles. The number of nitrogens with zero attached hydrogens (tertiary/aromatic N) is 2.